The van der Waals surface area contributed by atoms with Gasteiger partial charge in [0.1, 0.15) is 5.60 Å². The van der Waals surface area contributed by atoms with Gasteiger partial charge in [-0.2, -0.15) is 0 Å². The Bertz CT molecular complexity index is 190. The van der Waals surface area contributed by atoms with Crippen LogP contribution in [0.2, 0.25) is 0 Å². The zero-order chi connectivity index (χ0) is 12.4. The molecular weight excluding hydrogens is 238 g/mol. The first kappa shape index (κ1) is 19.1. The fourth-order valence-corrected chi connectivity index (χ4v) is 1.51. The molecule has 0 bridgehead atoms. The molecule has 3 nitrogen and oxygen atoms in total. The van der Waals surface area contributed by atoms with Crippen molar-refractivity contribution < 1.29 is 9.53 Å². The lowest BCUT2D eigenvalue weighted by Gasteiger charge is -2.19. The Morgan fingerprint density at radius 1 is 1.00 bits per heavy atom. The quantitative estimate of drug-likeness (QED) is 0.540. The molecule has 0 fully saturated rings. The maximum atomic E-state index is 11.4. The monoisotopic (exact) mass is 265 g/mol. The zero-order valence-electron chi connectivity index (χ0n) is 11.5. The van der Waals surface area contributed by atoms with Crippen molar-refractivity contribution >= 4 is 18.4 Å². The summed E-state index contributed by atoms with van der Waals surface area (Å²) in [6.45, 7) is 6.49. The number of esters is 1. The Hall–Kier alpha value is -0.280. The predicted molar refractivity (Wildman–Crippen MR) is 74.5 cm³/mol. The maximum absolute atomic E-state index is 11.4. The molecule has 0 unspecified atom stereocenters. The number of hydrogen-bond donors (Lipinski definition) is 1. The summed E-state index contributed by atoms with van der Waals surface area (Å²) < 4.78 is 5.23. The van der Waals surface area contributed by atoms with Gasteiger partial charge in [-0.3, -0.25) is 4.79 Å². The van der Waals surface area contributed by atoms with E-state index in [9.17, 15) is 4.79 Å². The van der Waals surface area contributed by atoms with Gasteiger partial charge in [-0.1, -0.05) is 25.7 Å². The second kappa shape index (κ2) is 10.8. The Labute approximate surface area is 112 Å². The summed E-state index contributed by atoms with van der Waals surface area (Å²) in [5.41, 5.74) is 5.06. The van der Waals surface area contributed by atoms with E-state index in [4.69, 9.17) is 10.5 Å². The number of halogens is 1. The summed E-state index contributed by atoms with van der Waals surface area (Å²) in [5, 5.41) is 0. The van der Waals surface area contributed by atoms with Gasteiger partial charge < -0.3 is 10.5 Å². The second-order valence-corrected chi connectivity index (χ2v) is 5.25. The summed E-state index contributed by atoms with van der Waals surface area (Å²) in [6.07, 6.45) is 7.36. The van der Waals surface area contributed by atoms with Crippen LogP contribution < -0.4 is 5.73 Å². The van der Waals surface area contributed by atoms with E-state index < -0.39 is 0 Å². The highest BCUT2D eigenvalue weighted by atomic mass is 35.5. The molecule has 0 heterocycles. The zero-order valence-corrected chi connectivity index (χ0v) is 12.3. The third kappa shape index (κ3) is 15.7. The van der Waals surface area contributed by atoms with Gasteiger partial charge in [-0.05, 0) is 40.2 Å². The van der Waals surface area contributed by atoms with Gasteiger partial charge in [-0.25, -0.2) is 0 Å². The van der Waals surface area contributed by atoms with Gasteiger partial charge >= 0.3 is 5.97 Å². The largest absolute Gasteiger partial charge is 0.460 e. The standard InChI is InChI=1S/C13H27NO2.ClH/c1-13(2,3)16-12(15)10-8-6-4-5-7-9-11-14;/h4-11,14H2,1-3H3;1H. The summed E-state index contributed by atoms with van der Waals surface area (Å²) in [6, 6.07) is 0. The summed E-state index contributed by atoms with van der Waals surface area (Å²) in [7, 11) is 0. The van der Waals surface area contributed by atoms with E-state index in [1.54, 1.807) is 0 Å². The average molecular weight is 266 g/mol. The number of nitrogens with two attached hydrogens (primary N) is 1. The fourth-order valence-electron chi connectivity index (χ4n) is 1.51. The molecule has 0 rings (SSSR count). The minimum atomic E-state index is -0.349. The molecule has 0 spiro atoms. The first-order chi connectivity index (χ1) is 7.45. The molecule has 0 radical (unpaired) electrons. The second-order valence-electron chi connectivity index (χ2n) is 5.25. The first-order valence-electron chi connectivity index (χ1n) is 6.37. The van der Waals surface area contributed by atoms with Crippen LogP contribution in [-0.2, 0) is 9.53 Å². The number of ether oxygens (including phenoxy) is 1. The van der Waals surface area contributed by atoms with E-state index in [2.05, 4.69) is 0 Å². The van der Waals surface area contributed by atoms with E-state index in [0.717, 1.165) is 25.8 Å². The van der Waals surface area contributed by atoms with Crippen molar-refractivity contribution in [1.82, 2.24) is 0 Å². The Morgan fingerprint density at radius 3 is 1.94 bits per heavy atom. The Balaban J connectivity index is 0. The molecule has 0 amide bonds. The van der Waals surface area contributed by atoms with Crippen molar-refractivity contribution in [2.75, 3.05) is 6.54 Å². The molecule has 104 valence electrons. The van der Waals surface area contributed by atoms with Crippen LogP contribution in [0.4, 0.5) is 0 Å². The van der Waals surface area contributed by atoms with Crippen LogP contribution >= 0.6 is 12.4 Å². The number of carbonyl (C=O) groups is 1. The van der Waals surface area contributed by atoms with Crippen LogP contribution in [0.5, 0.6) is 0 Å². The highest BCUT2D eigenvalue weighted by Crippen LogP contribution is 2.11. The maximum Gasteiger partial charge on any atom is 0.306 e. The smallest absolute Gasteiger partial charge is 0.306 e. The topological polar surface area (TPSA) is 52.3 Å². The van der Waals surface area contributed by atoms with Gasteiger partial charge in [0, 0.05) is 6.42 Å². The van der Waals surface area contributed by atoms with Crippen LogP contribution in [0.15, 0.2) is 0 Å². The molecule has 0 aromatic carbocycles. The first-order valence-corrected chi connectivity index (χ1v) is 6.37. The number of rotatable bonds is 8. The van der Waals surface area contributed by atoms with Gasteiger partial charge in [-0.15, -0.1) is 12.4 Å². The Morgan fingerprint density at radius 2 is 1.47 bits per heavy atom. The van der Waals surface area contributed by atoms with E-state index in [-0.39, 0.29) is 24.0 Å². The van der Waals surface area contributed by atoms with Gasteiger partial charge in [0.2, 0.25) is 0 Å². The van der Waals surface area contributed by atoms with Crippen molar-refractivity contribution in [3.05, 3.63) is 0 Å². The molecule has 0 aromatic heterocycles. The van der Waals surface area contributed by atoms with E-state index in [1.807, 2.05) is 20.8 Å². The lowest BCUT2D eigenvalue weighted by molar-refractivity contribution is -0.154. The predicted octanol–water partition coefficient (Wildman–Crippen LogP) is 3.44. The molecule has 0 saturated heterocycles. The fraction of sp³-hybridized carbons (Fsp3) is 0.923. The van der Waals surface area contributed by atoms with Gasteiger partial charge in [0.05, 0.1) is 0 Å². The van der Waals surface area contributed by atoms with Crippen molar-refractivity contribution in [2.45, 2.75) is 71.3 Å². The summed E-state index contributed by atoms with van der Waals surface area (Å²) in [5.74, 6) is -0.0746. The minimum absolute atomic E-state index is 0. The summed E-state index contributed by atoms with van der Waals surface area (Å²) in [4.78, 5) is 11.4. The highest BCUT2D eigenvalue weighted by Gasteiger charge is 2.15. The van der Waals surface area contributed by atoms with Crippen LogP contribution in [0.1, 0.15) is 65.7 Å². The van der Waals surface area contributed by atoms with Crippen molar-refractivity contribution in [2.24, 2.45) is 5.73 Å². The summed E-state index contributed by atoms with van der Waals surface area (Å²) >= 11 is 0. The number of hydrogen-bond acceptors (Lipinski definition) is 3. The van der Waals surface area contributed by atoms with Gasteiger partial charge in [0.15, 0.2) is 0 Å². The van der Waals surface area contributed by atoms with Gasteiger partial charge in [0.25, 0.3) is 0 Å². The number of unbranched alkanes of at least 4 members (excludes halogenated alkanes) is 5. The van der Waals surface area contributed by atoms with E-state index in [1.165, 1.54) is 19.3 Å². The molecule has 0 aliphatic rings. The molecular formula is C13H28ClNO2. The lowest BCUT2D eigenvalue weighted by Crippen LogP contribution is -2.23. The lowest BCUT2D eigenvalue weighted by atomic mass is 10.1. The van der Waals surface area contributed by atoms with Crippen molar-refractivity contribution in [3.8, 4) is 0 Å². The third-order valence-electron chi connectivity index (χ3n) is 2.26. The highest BCUT2D eigenvalue weighted by molar-refractivity contribution is 5.85. The number of carbonyl (C=O) groups excluding carboxylic acids is 1. The molecule has 0 atom stereocenters. The van der Waals surface area contributed by atoms with Crippen LogP contribution in [-0.4, -0.2) is 18.1 Å². The SMILES string of the molecule is CC(C)(C)OC(=O)CCCCCCCCN.Cl. The third-order valence-corrected chi connectivity index (χ3v) is 2.26. The van der Waals surface area contributed by atoms with E-state index in [0.29, 0.717) is 6.42 Å². The van der Waals surface area contributed by atoms with Crippen molar-refractivity contribution in [3.63, 3.8) is 0 Å². The van der Waals surface area contributed by atoms with Crippen molar-refractivity contribution in [1.29, 1.82) is 0 Å². The van der Waals surface area contributed by atoms with Crippen LogP contribution in [0, 0.1) is 0 Å². The normalized spacial score (nSPS) is 10.8. The molecule has 2 N–H and O–H groups in total. The molecule has 0 aliphatic heterocycles. The molecule has 4 heteroatoms. The molecule has 0 aliphatic carbocycles. The van der Waals surface area contributed by atoms with Crippen LogP contribution in [0.3, 0.4) is 0 Å². The molecule has 0 saturated carbocycles. The van der Waals surface area contributed by atoms with E-state index >= 15 is 0 Å². The Kier molecular flexibility index (Phi) is 12.2. The molecule has 17 heavy (non-hydrogen) atoms. The average Bonchev–Trinajstić information content (AvgIpc) is 2.13. The minimum Gasteiger partial charge on any atom is -0.460 e. The van der Waals surface area contributed by atoms with Crippen LogP contribution in [0.25, 0.3) is 0 Å². The molecule has 0 aromatic rings.